The van der Waals surface area contributed by atoms with Gasteiger partial charge in [0.05, 0.1) is 12.6 Å². The number of thioether (sulfide) groups is 1. The summed E-state index contributed by atoms with van der Waals surface area (Å²) in [7, 11) is 1.70. The smallest absolute Gasteiger partial charge is 0.121 e. The Morgan fingerprint density at radius 1 is 1.12 bits per heavy atom. The Balaban J connectivity index is 0.00000225. The monoisotopic (exact) mass is 376 g/mol. The number of aryl methyl sites for hydroxylation is 2. The van der Waals surface area contributed by atoms with E-state index < -0.39 is 0 Å². The predicted octanol–water partition coefficient (Wildman–Crippen LogP) is 5.79. The van der Waals surface area contributed by atoms with Crippen LogP contribution in [-0.2, 0) is 12.3 Å². The summed E-state index contributed by atoms with van der Waals surface area (Å²) >= 11 is 1.81. The van der Waals surface area contributed by atoms with Crippen LogP contribution < -0.4 is 4.74 Å². The number of pyridine rings is 1. The van der Waals surface area contributed by atoms with Gasteiger partial charge in [-0.3, -0.25) is 0 Å². The van der Waals surface area contributed by atoms with Crippen molar-refractivity contribution < 1.29 is 4.74 Å². The summed E-state index contributed by atoms with van der Waals surface area (Å²) < 4.78 is 7.65. The largest absolute Gasteiger partial charge is 0.497 e. The van der Waals surface area contributed by atoms with Gasteiger partial charge in [0, 0.05) is 29.6 Å². The van der Waals surface area contributed by atoms with Crippen molar-refractivity contribution in [1.29, 1.82) is 0 Å². The number of benzene rings is 1. The molecule has 25 heavy (non-hydrogen) atoms. The average Bonchev–Trinajstić information content (AvgIpc) is 2.86. The molecule has 0 aliphatic carbocycles. The number of hydrogen-bond donors (Lipinski definition) is 0. The zero-order valence-electron chi connectivity index (χ0n) is 15.2. The lowest BCUT2D eigenvalue weighted by Gasteiger charge is -2.10. The Hall–Kier alpha value is -1.65. The van der Waals surface area contributed by atoms with Crippen LogP contribution >= 0.6 is 24.2 Å². The minimum Gasteiger partial charge on any atom is -0.497 e. The zero-order valence-corrected chi connectivity index (χ0v) is 16.8. The summed E-state index contributed by atoms with van der Waals surface area (Å²) in [5.74, 6) is 1.80. The second-order valence-corrected chi connectivity index (χ2v) is 6.98. The minimum atomic E-state index is 0. The fourth-order valence-electron chi connectivity index (χ4n) is 3.05. The number of hydrogen-bond acceptors (Lipinski definition) is 3. The molecule has 0 atom stereocenters. The summed E-state index contributed by atoms with van der Waals surface area (Å²) in [6.07, 6.45) is 3.06. The third-order valence-corrected chi connectivity index (χ3v) is 5.54. The normalized spacial score (nSPS) is 10.7. The van der Waals surface area contributed by atoms with Crippen LogP contribution in [0.5, 0.6) is 5.75 Å². The molecule has 0 aliphatic rings. The highest BCUT2D eigenvalue weighted by atomic mass is 35.5. The van der Waals surface area contributed by atoms with E-state index in [1.807, 2.05) is 18.3 Å². The fourth-order valence-corrected chi connectivity index (χ4v) is 4.03. The van der Waals surface area contributed by atoms with E-state index in [9.17, 15) is 0 Å². The van der Waals surface area contributed by atoms with E-state index in [-0.39, 0.29) is 12.4 Å². The third kappa shape index (κ3) is 3.96. The SMILES string of the molecule is CCCn1c(C)c(C)c2ccnc(SCc3ccc(OC)cc3)c21.Cl. The van der Waals surface area contributed by atoms with Gasteiger partial charge >= 0.3 is 0 Å². The molecule has 2 heterocycles. The zero-order chi connectivity index (χ0) is 17.1. The van der Waals surface area contributed by atoms with Crippen LogP contribution in [0.2, 0.25) is 0 Å². The number of ether oxygens (including phenoxy) is 1. The first-order valence-electron chi connectivity index (χ1n) is 8.35. The Labute approximate surface area is 160 Å². The molecule has 0 radical (unpaired) electrons. The number of halogens is 1. The Kier molecular flexibility index (Phi) is 6.79. The second-order valence-electron chi connectivity index (χ2n) is 6.01. The highest BCUT2D eigenvalue weighted by molar-refractivity contribution is 7.98. The van der Waals surface area contributed by atoms with Gasteiger partial charge in [-0.2, -0.15) is 0 Å². The maximum Gasteiger partial charge on any atom is 0.121 e. The first kappa shape index (κ1) is 19.7. The number of rotatable bonds is 6. The van der Waals surface area contributed by atoms with Crippen LogP contribution in [0.3, 0.4) is 0 Å². The molecule has 0 amide bonds. The van der Waals surface area contributed by atoms with Crippen LogP contribution in [-0.4, -0.2) is 16.7 Å². The molecule has 0 saturated heterocycles. The van der Waals surface area contributed by atoms with Gasteiger partial charge in [0.15, 0.2) is 0 Å². The van der Waals surface area contributed by atoms with Crippen LogP contribution in [0, 0.1) is 13.8 Å². The van der Waals surface area contributed by atoms with E-state index in [0.717, 1.165) is 29.5 Å². The van der Waals surface area contributed by atoms with Crippen molar-refractivity contribution in [2.24, 2.45) is 0 Å². The van der Waals surface area contributed by atoms with Gasteiger partial charge in [-0.25, -0.2) is 4.98 Å². The van der Waals surface area contributed by atoms with Crippen LogP contribution in [0.4, 0.5) is 0 Å². The second kappa shape index (κ2) is 8.63. The molecular formula is C20H25ClN2OS. The highest BCUT2D eigenvalue weighted by Crippen LogP contribution is 2.33. The topological polar surface area (TPSA) is 27.1 Å². The van der Waals surface area contributed by atoms with Crippen LogP contribution in [0.25, 0.3) is 10.9 Å². The molecule has 5 heteroatoms. The third-order valence-electron chi connectivity index (χ3n) is 4.49. The van der Waals surface area contributed by atoms with Crippen LogP contribution in [0.1, 0.15) is 30.2 Å². The lowest BCUT2D eigenvalue weighted by molar-refractivity contribution is 0.414. The minimum absolute atomic E-state index is 0. The lowest BCUT2D eigenvalue weighted by Crippen LogP contribution is -2.00. The first-order chi connectivity index (χ1) is 11.7. The van der Waals surface area contributed by atoms with E-state index in [0.29, 0.717) is 0 Å². The lowest BCUT2D eigenvalue weighted by atomic mass is 10.2. The van der Waals surface area contributed by atoms with E-state index in [1.54, 1.807) is 18.9 Å². The van der Waals surface area contributed by atoms with Gasteiger partial charge in [0.2, 0.25) is 0 Å². The number of methoxy groups -OCH3 is 1. The first-order valence-corrected chi connectivity index (χ1v) is 9.34. The van der Waals surface area contributed by atoms with Crippen molar-refractivity contribution >= 4 is 35.1 Å². The van der Waals surface area contributed by atoms with E-state index in [2.05, 4.69) is 48.5 Å². The summed E-state index contributed by atoms with van der Waals surface area (Å²) in [6, 6.07) is 10.4. The molecule has 0 N–H and O–H groups in total. The maximum atomic E-state index is 5.23. The number of fused-ring (bicyclic) bond motifs is 1. The van der Waals surface area contributed by atoms with Gasteiger partial charge in [-0.15, -0.1) is 12.4 Å². The molecule has 0 aliphatic heterocycles. The van der Waals surface area contributed by atoms with Crippen molar-refractivity contribution in [2.75, 3.05) is 7.11 Å². The Morgan fingerprint density at radius 2 is 1.84 bits per heavy atom. The van der Waals surface area contributed by atoms with E-state index >= 15 is 0 Å². The molecule has 3 rings (SSSR count). The molecule has 0 fully saturated rings. The average molecular weight is 377 g/mol. The quantitative estimate of drug-likeness (QED) is 0.510. The molecule has 3 aromatic rings. The Morgan fingerprint density at radius 3 is 2.48 bits per heavy atom. The summed E-state index contributed by atoms with van der Waals surface area (Å²) in [5.41, 5.74) is 5.29. The van der Waals surface area contributed by atoms with Crippen LogP contribution in [0.15, 0.2) is 41.6 Å². The van der Waals surface area contributed by atoms with Crippen molar-refractivity contribution in [3.8, 4) is 5.75 Å². The molecule has 2 aromatic heterocycles. The van der Waals surface area contributed by atoms with Crippen molar-refractivity contribution in [1.82, 2.24) is 9.55 Å². The predicted molar refractivity (Wildman–Crippen MR) is 109 cm³/mol. The summed E-state index contributed by atoms with van der Waals surface area (Å²) in [5, 5.41) is 2.45. The molecule has 134 valence electrons. The molecule has 0 spiro atoms. The van der Waals surface area contributed by atoms with Gasteiger partial charge in [-0.05, 0) is 49.6 Å². The molecule has 0 unspecified atom stereocenters. The fraction of sp³-hybridized carbons (Fsp3) is 0.350. The number of aromatic nitrogens is 2. The van der Waals surface area contributed by atoms with Crippen molar-refractivity contribution in [2.45, 2.75) is 44.5 Å². The van der Waals surface area contributed by atoms with Crippen molar-refractivity contribution in [3.63, 3.8) is 0 Å². The van der Waals surface area contributed by atoms with Crippen molar-refractivity contribution in [3.05, 3.63) is 53.3 Å². The number of nitrogens with zero attached hydrogens (tertiary/aromatic N) is 2. The van der Waals surface area contributed by atoms with Gasteiger partial charge in [0.25, 0.3) is 0 Å². The maximum absolute atomic E-state index is 5.23. The molecular weight excluding hydrogens is 352 g/mol. The molecule has 1 aromatic carbocycles. The van der Waals surface area contributed by atoms with Gasteiger partial charge in [-0.1, -0.05) is 30.8 Å². The summed E-state index contributed by atoms with van der Waals surface area (Å²) in [4.78, 5) is 4.67. The highest BCUT2D eigenvalue weighted by Gasteiger charge is 2.15. The van der Waals surface area contributed by atoms with Gasteiger partial charge < -0.3 is 9.30 Å². The summed E-state index contributed by atoms with van der Waals surface area (Å²) in [6.45, 7) is 7.68. The molecule has 3 nitrogen and oxygen atoms in total. The molecule has 0 bridgehead atoms. The molecule has 0 saturated carbocycles. The Bertz CT molecular complexity index is 843. The van der Waals surface area contributed by atoms with E-state index in [4.69, 9.17) is 4.74 Å². The van der Waals surface area contributed by atoms with Gasteiger partial charge in [0.1, 0.15) is 10.8 Å². The standard InChI is InChI=1S/C20H24N2OS.ClH/c1-5-12-22-15(3)14(2)18-10-11-21-20(19(18)22)24-13-16-6-8-17(23-4)9-7-16;/h6-11H,5,12-13H2,1-4H3;1H. The van der Waals surface area contributed by atoms with E-state index in [1.165, 1.54) is 27.7 Å².